The van der Waals surface area contributed by atoms with Crippen LogP contribution in [0.5, 0.6) is 5.75 Å². The first-order valence-electron chi connectivity index (χ1n) is 13.9. The second kappa shape index (κ2) is 9.81. The molecule has 7 rings (SSSR count). The number of likely N-dealkylation sites (N-methyl/N-ethyl adjacent to an activating group) is 1. The van der Waals surface area contributed by atoms with Crippen LogP contribution >= 0.6 is 0 Å². The molecule has 200 valence electrons. The fraction of sp³-hybridized carbons (Fsp3) is 0.375. The maximum atomic E-state index is 13.0. The second-order valence-corrected chi connectivity index (χ2v) is 11.4. The lowest BCUT2D eigenvalue weighted by Gasteiger charge is -2.36. The molecular weight excluding hydrogens is 488 g/mol. The van der Waals surface area contributed by atoms with Gasteiger partial charge in [-0.3, -0.25) is 4.79 Å². The van der Waals surface area contributed by atoms with Crippen LogP contribution < -0.4 is 4.74 Å². The van der Waals surface area contributed by atoms with Crippen LogP contribution in [0.2, 0.25) is 0 Å². The molecule has 3 aliphatic rings. The molecule has 1 N–H and O–H groups in total. The summed E-state index contributed by atoms with van der Waals surface area (Å²) in [5, 5.41) is 1.06. The Morgan fingerprint density at radius 2 is 1.97 bits per heavy atom. The Bertz CT molecular complexity index is 1540. The molecule has 7 nitrogen and oxygen atoms in total. The van der Waals surface area contributed by atoms with Crippen molar-refractivity contribution in [3.63, 3.8) is 0 Å². The number of aromatic amines is 1. The van der Waals surface area contributed by atoms with Crippen molar-refractivity contribution in [2.24, 2.45) is 5.92 Å². The summed E-state index contributed by atoms with van der Waals surface area (Å²) in [6, 6.07) is 14.6. The maximum absolute atomic E-state index is 13.0. The van der Waals surface area contributed by atoms with Crippen LogP contribution in [0.25, 0.3) is 33.3 Å². The predicted molar refractivity (Wildman–Crippen MR) is 152 cm³/mol. The van der Waals surface area contributed by atoms with Gasteiger partial charge in [-0.1, -0.05) is 12.1 Å². The summed E-state index contributed by atoms with van der Waals surface area (Å²) in [5.74, 6) is 2.06. The van der Waals surface area contributed by atoms with Crippen molar-refractivity contribution < 1.29 is 14.3 Å². The molecule has 0 saturated carbocycles. The van der Waals surface area contributed by atoms with E-state index in [-0.39, 0.29) is 5.91 Å². The summed E-state index contributed by atoms with van der Waals surface area (Å²) in [6.45, 7) is 5.07. The van der Waals surface area contributed by atoms with E-state index in [4.69, 9.17) is 14.5 Å². The molecule has 0 radical (unpaired) electrons. The molecule has 4 aromatic rings. The minimum absolute atomic E-state index is 0.0443. The highest BCUT2D eigenvalue weighted by Crippen LogP contribution is 2.43. The van der Waals surface area contributed by atoms with Crippen molar-refractivity contribution in [2.45, 2.75) is 25.3 Å². The van der Waals surface area contributed by atoms with Crippen molar-refractivity contribution in [2.75, 3.05) is 47.0 Å². The van der Waals surface area contributed by atoms with Gasteiger partial charge in [0, 0.05) is 85.2 Å². The lowest BCUT2D eigenvalue weighted by atomic mass is 9.84. The first-order chi connectivity index (χ1) is 19.0. The number of amides is 1. The van der Waals surface area contributed by atoms with Crippen molar-refractivity contribution >= 4 is 16.9 Å². The standard InChI is InChI=1S/C32H34N4O3/c1-35-17-23-8-10-39-29-13-24(11-26(18-35)30(23)29)25-12-27-28(15-34-31(27)33-14-25)21-3-5-22(6-4-21)32(37)36(2)16-20-7-9-38-19-20/h3-6,11-15,20,23H,7-10,16-19H2,1-2H3,(H,33,34)/t20-,23?/m0/s1. The smallest absolute Gasteiger partial charge is 0.253 e. The fourth-order valence-corrected chi connectivity index (χ4v) is 6.54. The minimum Gasteiger partial charge on any atom is -0.493 e. The molecule has 3 aliphatic heterocycles. The number of fused-ring (bicyclic) bond motifs is 1. The minimum atomic E-state index is 0.0443. The highest BCUT2D eigenvalue weighted by Gasteiger charge is 2.30. The van der Waals surface area contributed by atoms with Gasteiger partial charge in [-0.2, -0.15) is 0 Å². The Hall–Kier alpha value is -3.68. The number of carbonyl (C=O) groups is 1. The van der Waals surface area contributed by atoms with Gasteiger partial charge in [0.2, 0.25) is 0 Å². The zero-order chi connectivity index (χ0) is 26.5. The largest absolute Gasteiger partial charge is 0.493 e. The molecule has 39 heavy (non-hydrogen) atoms. The molecule has 2 aromatic carbocycles. The normalized spacial score (nSPS) is 20.6. The number of rotatable bonds is 5. The molecule has 1 unspecified atom stereocenters. The second-order valence-electron chi connectivity index (χ2n) is 11.4. The summed E-state index contributed by atoms with van der Waals surface area (Å²) in [4.78, 5) is 25.3. The molecular formula is C32H34N4O3. The average Bonchev–Trinajstić information content (AvgIpc) is 3.62. The summed E-state index contributed by atoms with van der Waals surface area (Å²) in [5.41, 5.74) is 8.65. The quantitative estimate of drug-likeness (QED) is 0.384. The third-order valence-corrected chi connectivity index (χ3v) is 8.54. The van der Waals surface area contributed by atoms with Crippen LogP contribution in [0.1, 0.15) is 40.2 Å². The van der Waals surface area contributed by atoms with E-state index < -0.39 is 0 Å². The lowest BCUT2D eigenvalue weighted by molar-refractivity contribution is 0.0766. The first kappa shape index (κ1) is 24.4. The fourth-order valence-electron chi connectivity index (χ4n) is 6.54. The average molecular weight is 523 g/mol. The van der Waals surface area contributed by atoms with Gasteiger partial charge < -0.3 is 24.3 Å². The van der Waals surface area contributed by atoms with Crippen LogP contribution in [0.3, 0.4) is 0 Å². The highest BCUT2D eigenvalue weighted by molar-refractivity contribution is 5.98. The molecule has 1 fully saturated rings. The van der Waals surface area contributed by atoms with Gasteiger partial charge in [0.05, 0.1) is 13.2 Å². The highest BCUT2D eigenvalue weighted by atomic mass is 16.5. The Morgan fingerprint density at radius 1 is 1.10 bits per heavy atom. The van der Waals surface area contributed by atoms with E-state index in [2.05, 4.69) is 35.1 Å². The predicted octanol–water partition coefficient (Wildman–Crippen LogP) is 5.32. The van der Waals surface area contributed by atoms with Crippen molar-refractivity contribution in [3.05, 3.63) is 71.5 Å². The number of hydrogen-bond donors (Lipinski definition) is 1. The number of nitrogens with one attached hydrogen (secondary N) is 1. The van der Waals surface area contributed by atoms with Gasteiger partial charge in [0.15, 0.2) is 0 Å². The SMILES string of the molecule is CN1Cc2cc(-c3cnc4[nH]cc(-c5ccc(C(=O)N(C)C[C@@H]6CCOC6)cc5)c4c3)cc3c2C(CCO3)C1. The van der Waals surface area contributed by atoms with E-state index in [9.17, 15) is 4.79 Å². The van der Waals surface area contributed by atoms with Crippen molar-refractivity contribution in [1.82, 2.24) is 19.8 Å². The number of hydrogen-bond acceptors (Lipinski definition) is 5. The Balaban J connectivity index is 1.18. The van der Waals surface area contributed by atoms with Crippen molar-refractivity contribution in [1.29, 1.82) is 0 Å². The zero-order valence-corrected chi connectivity index (χ0v) is 22.6. The zero-order valence-electron chi connectivity index (χ0n) is 22.6. The third-order valence-electron chi connectivity index (χ3n) is 8.54. The van der Waals surface area contributed by atoms with Gasteiger partial charge in [-0.15, -0.1) is 0 Å². The van der Waals surface area contributed by atoms with E-state index in [0.717, 1.165) is 91.3 Å². The third kappa shape index (κ3) is 4.49. The van der Waals surface area contributed by atoms with Crippen LogP contribution in [0.4, 0.5) is 0 Å². The Labute approximate surface area is 228 Å². The number of H-pyrrole nitrogens is 1. The van der Waals surface area contributed by atoms with E-state index in [1.165, 1.54) is 11.1 Å². The number of aromatic nitrogens is 2. The van der Waals surface area contributed by atoms with Crippen LogP contribution in [0, 0.1) is 5.92 Å². The summed E-state index contributed by atoms with van der Waals surface area (Å²) in [7, 11) is 4.07. The molecule has 2 aromatic heterocycles. The number of pyridine rings is 1. The molecule has 0 aliphatic carbocycles. The van der Waals surface area contributed by atoms with E-state index in [0.29, 0.717) is 17.4 Å². The molecule has 0 bridgehead atoms. The van der Waals surface area contributed by atoms with Crippen LogP contribution in [0.15, 0.2) is 54.9 Å². The summed E-state index contributed by atoms with van der Waals surface area (Å²) in [6.07, 6.45) is 6.05. The topological polar surface area (TPSA) is 70.7 Å². The van der Waals surface area contributed by atoms with E-state index in [1.54, 1.807) is 0 Å². The Morgan fingerprint density at radius 3 is 2.79 bits per heavy atom. The number of benzene rings is 2. The molecule has 2 atom stereocenters. The van der Waals surface area contributed by atoms with Crippen LogP contribution in [-0.4, -0.2) is 72.7 Å². The van der Waals surface area contributed by atoms with Crippen LogP contribution in [-0.2, 0) is 11.3 Å². The first-order valence-corrected chi connectivity index (χ1v) is 13.9. The monoisotopic (exact) mass is 522 g/mol. The molecule has 1 amide bonds. The molecule has 7 heteroatoms. The summed E-state index contributed by atoms with van der Waals surface area (Å²) < 4.78 is 11.6. The molecule has 1 saturated heterocycles. The maximum Gasteiger partial charge on any atom is 0.253 e. The van der Waals surface area contributed by atoms with E-state index >= 15 is 0 Å². The van der Waals surface area contributed by atoms with Gasteiger partial charge in [0.25, 0.3) is 5.91 Å². The molecule has 0 spiro atoms. The number of ether oxygens (including phenoxy) is 2. The van der Waals surface area contributed by atoms with Gasteiger partial charge in [0.1, 0.15) is 11.4 Å². The van der Waals surface area contributed by atoms with Crippen molar-refractivity contribution in [3.8, 4) is 28.0 Å². The van der Waals surface area contributed by atoms with Gasteiger partial charge in [-0.05, 0) is 66.9 Å². The van der Waals surface area contributed by atoms with E-state index in [1.807, 2.05) is 48.6 Å². The lowest BCUT2D eigenvalue weighted by Crippen LogP contribution is -2.33. The number of nitrogens with zero attached hydrogens (tertiary/aromatic N) is 3. The Kier molecular flexibility index (Phi) is 6.13. The molecule has 5 heterocycles. The summed E-state index contributed by atoms with van der Waals surface area (Å²) >= 11 is 0. The van der Waals surface area contributed by atoms with Gasteiger partial charge in [-0.25, -0.2) is 4.98 Å². The number of carbonyl (C=O) groups excluding carboxylic acids is 1. The van der Waals surface area contributed by atoms with Gasteiger partial charge >= 0.3 is 0 Å².